The van der Waals surface area contributed by atoms with Crippen molar-refractivity contribution in [3.63, 3.8) is 0 Å². The maximum Gasteiger partial charge on any atom is 0.261 e. The fraction of sp³-hybridized carbons (Fsp3) is 0.174. The first-order valence-corrected chi connectivity index (χ1v) is 12.1. The zero-order valence-corrected chi connectivity index (χ0v) is 19.8. The summed E-state index contributed by atoms with van der Waals surface area (Å²) in [4.78, 5) is 14.3. The van der Waals surface area contributed by atoms with Gasteiger partial charge in [-0.15, -0.1) is 0 Å². The number of rotatable bonds is 8. The van der Waals surface area contributed by atoms with E-state index in [-0.39, 0.29) is 22.1 Å². The Bertz CT molecular complexity index is 1210. The number of carbonyl (C=O) groups is 1. The van der Waals surface area contributed by atoms with Gasteiger partial charge < -0.3 is 9.64 Å². The van der Waals surface area contributed by atoms with E-state index in [1.165, 1.54) is 47.4 Å². The Balaban J connectivity index is 1.83. The second-order valence-corrected chi connectivity index (χ2v) is 9.55. The summed E-state index contributed by atoms with van der Waals surface area (Å²) < 4.78 is 34.1. The highest BCUT2D eigenvalue weighted by atomic mass is 35.5. The van der Waals surface area contributed by atoms with Crippen LogP contribution in [-0.4, -0.2) is 32.8 Å². The zero-order valence-electron chi connectivity index (χ0n) is 17.5. The molecule has 0 fully saturated rings. The van der Waals surface area contributed by atoms with Crippen LogP contribution < -0.4 is 9.46 Å². The van der Waals surface area contributed by atoms with E-state index in [0.717, 1.165) is 6.42 Å². The van der Waals surface area contributed by atoms with Gasteiger partial charge in [-0.1, -0.05) is 42.3 Å². The number of ether oxygens (including phenoxy) is 1. The first-order valence-electron chi connectivity index (χ1n) is 9.81. The van der Waals surface area contributed by atoms with E-state index < -0.39 is 10.0 Å². The average molecular weight is 493 g/mol. The monoisotopic (exact) mass is 492 g/mol. The van der Waals surface area contributed by atoms with Gasteiger partial charge in [-0.2, -0.15) is 0 Å². The van der Waals surface area contributed by atoms with Crippen LogP contribution in [-0.2, 0) is 10.0 Å². The average Bonchev–Trinajstić information content (AvgIpc) is 2.76. The van der Waals surface area contributed by atoms with Crippen LogP contribution in [0.1, 0.15) is 23.7 Å². The van der Waals surface area contributed by atoms with Gasteiger partial charge in [0.05, 0.1) is 21.2 Å². The molecular weight excluding hydrogens is 471 g/mol. The fourth-order valence-corrected chi connectivity index (χ4v) is 4.40. The number of para-hydroxylation sites is 1. The van der Waals surface area contributed by atoms with Crippen LogP contribution in [0.4, 0.5) is 5.69 Å². The molecule has 0 bridgehead atoms. The fourth-order valence-electron chi connectivity index (χ4n) is 2.97. The lowest BCUT2D eigenvalue weighted by Gasteiger charge is -2.19. The van der Waals surface area contributed by atoms with E-state index >= 15 is 0 Å². The predicted octanol–water partition coefficient (Wildman–Crippen LogP) is 6.07. The van der Waals surface area contributed by atoms with Crippen molar-refractivity contribution in [3.05, 3.63) is 82.3 Å². The van der Waals surface area contributed by atoms with Crippen molar-refractivity contribution in [2.75, 3.05) is 18.3 Å². The number of halogens is 2. The van der Waals surface area contributed by atoms with Crippen molar-refractivity contribution in [3.8, 4) is 11.5 Å². The molecule has 6 nitrogen and oxygen atoms in total. The molecule has 0 saturated heterocycles. The maximum atomic E-state index is 12.9. The number of sulfonamides is 1. The molecular formula is C23H22Cl2N2O4S. The Morgan fingerprint density at radius 3 is 2.38 bits per heavy atom. The van der Waals surface area contributed by atoms with Crippen LogP contribution in [0.5, 0.6) is 11.5 Å². The molecule has 0 aliphatic carbocycles. The third-order valence-electron chi connectivity index (χ3n) is 4.56. The first-order chi connectivity index (χ1) is 15.2. The standard InChI is InChI=1S/C23H22Cl2N2O4S/c1-3-14-27(2)23(28)19-15-16(24)8-13-21(19)26-32(29,30)18-11-9-17(10-12-18)31-22-7-5-4-6-20(22)25/h4-13,15,26H,3,14H2,1-2H3. The second-order valence-electron chi connectivity index (χ2n) is 7.03. The summed E-state index contributed by atoms with van der Waals surface area (Å²) in [5.41, 5.74) is 0.328. The number of amides is 1. The summed E-state index contributed by atoms with van der Waals surface area (Å²) in [6.07, 6.45) is 0.770. The Kier molecular flexibility index (Phi) is 7.66. The van der Waals surface area contributed by atoms with Crippen LogP contribution in [0.15, 0.2) is 71.6 Å². The minimum Gasteiger partial charge on any atom is -0.456 e. The first kappa shape index (κ1) is 23.9. The normalized spacial score (nSPS) is 11.1. The van der Waals surface area contributed by atoms with Crippen LogP contribution in [0.25, 0.3) is 0 Å². The van der Waals surface area contributed by atoms with Crippen LogP contribution >= 0.6 is 23.2 Å². The molecule has 32 heavy (non-hydrogen) atoms. The summed E-state index contributed by atoms with van der Waals surface area (Å²) in [7, 11) is -2.31. The van der Waals surface area contributed by atoms with E-state index in [0.29, 0.717) is 28.1 Å². The van der Waals surface area contributed by atoms with Gasteiger partial charge in [0, 0.05) is 18.6 Å². The topological polar surface area (TPSA) is 75.7 Å². The Labute approximate surface area is 197 Å². The highest BCUT2D eigenvalue weighted by molar-refractivity contribution is 7.92. The van der Waals surface area contributed by atoms with E-state index in [2.05, 4.69) is 4.72 Å². The summed E-state index contributed by atoms with van der Waals surface area (Å²) in [5, 5.41) is 0.779. The molecule has 0 aliphatic heterocycles. The molecule has 0 atom stereocenters. The summed E-state index contributed by atoms with van der Waals surface area (Å²) in [6, 6.07) is 17.3. The molecule has 1 amide bonds. The lowest BCUT2D eigenvalue weighted by atomic mass is 10.1. The van der Waals surface area contributed by atoms with Crippen LogP contribution in [0, 0.1) is 0 Å². The maximum absolute atomic E-state index is 12.9. The number of nitrogens with one attached hydrogen (secondary N) is 1. The molecule has 0 unspecified atom stereocenters. The van der Waals surface area contributed by atoms with Crippen LogP contribution in [0.2, 0.25) is 10.0 Å². The van der Waals surface area contributed by atoms with Gasteiger partial charge in [0.15, 0.2) is 0 Å². The van der Waals surface area contributed by atoms with Crippen molar-refractivity contribution in [1.29, 1.82) is 0 Å². The molecule has 3 aromatic rings. The molecule has 0 saturated carbocycles. The highest BCUT2D eigenvalue weighted by Crippen LogP contribution is 2.30. The van der Waals surface area contributed by atoms with E-state index in [1.807, 2.05) is 6.92 Å². The smallest absolute Gasteiger partial charge is 0.261 e. The molecule has 9 heteroatoms. The third kappa shape index (κ3) is 5.73. The SMILES string of the molecule is CCCN(C)C(=O)c1cc(Cl)ccc1NS(=O)(=O)c1ccc(Oc2ccccc2Cl)cc1. The summed E-state index contributed by atoms with van der Waals surface area (Å²) in [5.74, 6) is 0.569. The van der Waals surface area contributed by atoms with Gasteiger partial charge >= 0.3 is 0 Å². The largest absolute Gasteiger partial charge is 0.456 e. The van der Waals surface area contributed by atoms with Crippen molar-refractivity contribution in [2.45, 2.75) is 18.2 Å². The zero-order chi connectivity index (χ0) is 23.3. The van der Waals surface area contributed by atoms with Gasteiger partial charge in [0.25, 0.3) is 15.9 Å². The molecule has 3 rings (SSSR count). The lowest BCUT2D eigenvalue weighted by molar-refractivity contribution is 0.0796. The number of hydrogen-bond donors (Lipinski definition) is 1. The van der Waals surface area contributed by atoms with E-state index in [9.17, 15) is 13.2 Å². The molecule has 0 aromatic heterocycles. The van der Waals surface area contributed by atoms with Gasteiger partial charge in [-0.25, -0.2) is 8.42 Å². The van der Waals surface area contributed by atoms with Crippen molar-refractivity contribution < 1.29 is 17.9 Å². The molecule has 0 spiro atoms. The number of anilines is 1. The molecule has 168 valence electrons. The minimum atomic E-state index is -3.96. The minimum absolute atomic E-state index is 0.0132. The lowest BCUT2D eigenvalue weighted by Crippen LogP contribution is -2.28. The molecule has 0 aliphatic rings. The number of nitrogens with zero attached hydrogens (tertiary/aromatic N) is 1. The van der Waals surface area contributed by atoms with Gasteiger partial charge in [0.1, 0.15) is 11.5 Å². The van der Waals surface area contributed by atoms with Crippen LogP contribution in [0.3, 0.4) is 0 Å². The number of hydrogen-bond acceptors (Lipinski definition) is 4. The third-order valence-corrected chi connectivity index (χ3v) is 6.49. The quantitative estimate of drug-likeness (QED) is 0.414. The second kappa shape index (κ2) is 10.3. The summed E-state index contributed by atoms with van der Waals surface area (Å²) in [6.45, 7) is 2.48. The molecule has 3 aromatic carbocycles. The molecule has 1 N–H and O–H groups in total. The molecule has 0 radical (unpaired) electrons. The summed E-state index contributed by atoms with van der Waals surface area (Å²) >= 11 is 12.1. The van der Waals surface area contributed by atoms with Crippen molar-refractivity contribution in [2.24, 2.45) is 0 Å². The molecule has 0 heterocycles. The van der Waals surface area contributed by atoms with Gasteiger partial charge in [0.2, 0.25) is 0 Å². The van der Waals surface area contributed by atoms with Crippen molar-refractivity contribution >= 4 is 44.8 Å². The Hall–Kier alpha value is -2.74. The van der Waals surface area contributed by atoms with Crippen molar-refractivity contribution in [1.82, 2.24) is 4.90 Å². The Morgan fingerprint density at radius 2 is 1.72 bits per heavy atom. The Morgan fingerprint density at radius 1 is 1.03 bits per heavy atom. The highest BCUT2D eigenvalue weighted by Gasteiger charge is 2.21. The van der Waals surface area contributed by atoms with Gasteiger partial charge in [-0.05, 0) is 61.0 Å². The predicted molar refractivity (Wildman–Crippen MR) is 127 cm³/mol. The van der Waals surface area contributed by atoms with E-state index in [4.69, 9.17) is 27.9 Å². The number of carbonyl (C=O) groups excluding carboxylic acids is 1. The van der Waals surface area contributed by atoms with E-state index in [1.54, 1.807) is 31.3 Å². The van der Waals surface area contributed by atoms with Gasteiger partial charge in [-0.3, -0.25) is 9.52 Å². The number of benzene rings is 3.